The first-order valence-corrected chi connectivity index (χ1v) is 5.62. The van der Waals surface area contributed by atoms with Crippen LogP contribution < -0.4 is 4.74 Å². The number of hydrogen-bond donors (Lipinski definition) is 1. The minimum Gasteiger partial charge on any atom is -0.478 e. The average Bonchev–Trinajstić information content (AvgIpc) is 2.40. The zero-order valence-corrected chi connectivity index (χ0v) is 9.74. The van der Waals surface area contributed by atoms with Gasteiger partial charge in [0.2, 0.25) is 5.88 Å². The zero-order valence-electron chi connectivity index (χ0n) is 9.74. The van der Waals surface area contributed by atoms with Crippen molar-refractivity contribution >= 4 is 5.97 Å². The number of rotatable bonds is 5. The fourth-order valence-corrected chi connectivity index (χ4v) is 1.54. The number of ether oxygens (including phenoxy) is 1. The molecule has 92 valence electrons. The predicted octanol–water partition coefficient (Wildman–Crippen LogP) is 2.40. The number of carboxylic acid groups (broad SMARTS) is 1. The third-order valence-corrected chi connectivity index (χ3v) is 2.47. The summed E-state index contributed by atoms with van der Waals surface area (Å²) < 4.78 is 5.43. The van der Waals surface area contributed by atoms with Crippen LogP contribution in [-0.2, 0) is 6.42 Å². The van der Waals surface area contributed by atoms with Gasteiger partial charge in [-0.25, -0.2) is 9.78 Å². The van der Waals surface area contributed by atoms with E-state index in [0.29, 0.717) is 12.5 Å². The summed E-state index contributed by atoms with van der Waals surface area (Å²) in [7, 11) is 0. The maximum absolute atomic E-state index is 10.8. The van der Waals surface area contributed by atoms with Gasteiger partial charge in [-0.1, -0.05) is 30.3 Å². The number of nitrogens with zero attached hydrogens (tertiary/aromatic N) is 1. The van der Waals surface area contributed by atoms with Gasteiger partial charge in [0.1, 0.15) is 0 Å². The Bertz CT molecular complexity index is 526. The molecule has 0 spiro atoms. The van der Waals surface area contributed by atoms with Crippen LogP contribution in [-0.4, -0.2) is 22.7 Å². The highest BCUT2D eigenvalue weighted by molar-refractivity contribution is 5.87. The Balaban J connectivity index is 1.90. The van der Waals surface area contributed by atoms with Crippen molar-refractivity contribution in [3.05, 3.63) is 59.8 Å². The number of aromatic nitrogens is 1. The molecule has 1 aromatic carbocycles. The molecule has 0 aliphatic carbocycles. The van der Waals surface area contributed by atoms with Crippen molar-refractivity contribution < 1.29 is 14.6 Å². The van der Waals surface area contributed by atoms with Gasteiger partial charge >= 0.3 is 5.97 Å². The van der Waals surface area contributed by atoms with Crippen molar-refractivity contribution in [3.63, 3.8) is 0 Å². The molecule has 2 aromatic rings. The second kappa shape index (κ2) is 5.82. The Hall–Kier alpha value is -2.36. The van der Waals surface area contributed by atoms with Crippen LogP contribution in [0.4, 0.5) is 0 Å². The van der Waals surface area contributed by atoms with Crippen LogP contribution in [0.3, 0.4) is 0 Å². The minimum absolute atomic E-state index is 0.180. The van der Waals surface area contributed by atoms with Gasteiger partial charge in [0.25, 0.3) is 0 Å². The topological polar surface area (TPSA) is 59.4 Å². The van der Waals surface area contributed by atoms with E-state index in [1.54, 1.807) is 0 Å². The van der Waals surface area contributed by atoms with Crippen molar-refractivity contribution in [1.82, 2.24) is 4.98 Å². The Morgan fingerprint density at radius 3 is 2.72 bits per heavy atom. The summed E-state index contributed by atoms with van der Waals surface area (Å²) in [6, 6.07) is 12.8. The van der Waals surface area contributed by atoms with Gasteiger partial charge in [0, 0.05) is 18.7 Å². The molecule has 0 saturated carbocycles. The molecule has 1 aromatic heterocycles. The second-order valence-corrected chi connectivity index (χ2v) is 3.77. The van der Waals surface area contributed by atoms with Crippen molar-refractivity contribution in [2.75, 3.05) is 6.61 Å². The molecule has 2 rings (SSSR count). The fourth-order valence-electron chi connectivity index (χ4n) is 1.54. The van der Waals surface area contributed by atoms with Crippen LogP contribution >= 0.6 is 0 Å². The number of aromatic carboxylic acids is 1. The summed E-state index contributed by atoms with van der Waals surface area (Å²) in [6.45, 7) is 0.472. The molecule has 0 atom stereocenters. The third-order valence-electron chi connectivity index (χ3n) is 2.47. The smallest absolute Gasteiger partial charge is 0.335 e. The van der Waals surface area contributed by atoms with Crippen molar-refractivity contribution in [1.29, 1.82) is 0 Å². The van der Waals surface area contributed by atoms with Crippen molar-refractivity contribution in [2.45, 2.75) is 6.42 Å². The first-order chi connectivity index (χ1) is 8.75. The largest absolute Gasteiger partial charge is 0.478 e. The van der Waals surface area contributed by atoms with Gasteiger partial charge in [-0.3, -0.25) is 0 Å². The Morgan fingerprint density at radius 2 is 2.00 bits per heavy atom. The monoisotopic (exact) mass is 243 g/mol. The summed E-state index contributed by atoms with van der Waals surface area (Å²) >= 11 is 0. The number of carbonyl (C=O) groups is 1. The third kappa shape index (κ3) is 3.31. The predicted molar refractivity (Wildman–Crippen MR) is 66.8 cm³/mol. The molecule has 0 aliphatic rings. The lowest BCUT2D eigenvalue weighted by Gasteiger charge is -2.05. The van der Waals surface area contributed by atoms with Gasteiger partial charge in [-0.15, -0.1) is 0 Å². The van der Waals surface area contributed by atoms with E-state index in [2.05, 4.69) is 4.98 Å². The SMILES string of the molecule is O=C(O)c1ccnc(OCCc2ccccc2)c1. The van der Waals surface area contributed by atoms with Crippen LogP contribution in [0.1, 0.15) is 15.9 Å². The maximum atomic E-state index is 10.8. The highest BCUT2D eigenvalue weighted by atomic mass is 16.5. The fraction of sp³-hybridized carbons (Fsp3) is 0.143. The normalized spacial score (nSPS) is 10.0. The molecule has 4 nitrogen and oxygen atoms in total. The zero-order chi connectivity index (χ0) is 12.8. The average molecular weight is 243 g/mol. The van der Waals surface area contributed by atoms with Gasteiger partial charge in [0.15, 0.2) is 0 Å². The van der Waals surface area contributed by atoms with Gasteiger partial charge < -0.3 is 9.84 Å². The number of carboxylic acids is 1. The molecule has 0 bridgehead atoms. The molecule has 1 heterocycles. The summed E-state index contributed by atoms with van der Waals surface area (Å²) in [6.07, 6.45) is 2.20. The van der Waals surface area contributed by atoms with Crippen LogP contribution in [0, 0.1) is 0 Å². The van der Waals surface area contributed by atoms with E-state index in [1.165, 1.54) is 23.9 Å². The summed E-state index contributed by atoms with van der Waals surface area (Å²) in [5, 5.41) is 8.83. The van der Waals surface area contributed by atoms with Crippen molar-refractivity contribution in [2.24, 2.45) is 0 Å². The van der Waals surface area contributed by atoms with E-state index in [1.807, 2.05) is 30.3 Å². The van der Waals surface area contributed by atoms with Gasteiger partial charge in [-0.2, -0.15) is 0 Å². The molecule has 0 amide bonds. The Kier molecular flexibility index (Phi) is 3.91. The molecule has 4 heteroatoms. The summed E-state index contributed by atoms with van der Waals surface area (Å²) in [5.41, 5.74) is 1.35. The quantitative estimate of drug-likeness (QED) is 0.876. The molecule has 0 radical (unpaired) electrons. The molecular formula is C14H13NO3. The minimum atomic E-state index is -0.981. The lowest BCUT2D eigenvalue weighted by atomic mass is 10.2. The Labute approximate surface area is 105 Å². The van der Waals surface area contributed by atoms with E-state index in [-0.39, 0.29) is 5.56 Å². The van der Waals surface area contributed by atoms with E-state index < -0.39 is 5.97 Å². The lowest BCUT2D eigenvalue weighted by molar-refractivity contribution is 0.0696. The molecule has 18 heavy (non-hydrogen) atoms. The molecule has 0 saturated heterocycles. The first-order valence-electron chi connectivity index (χ1n) is 5.62. The number of pyridine rings is 1. The van der Waals surface area contributed by atoms with Gasteiger partial charge in [0.05, 0.1) is 12.2 Å². The maximum Gasteiger partial charge on any atom is 0.335 e. The van der Waals surface area contributed by atoms with Crippen LogP contribution in [0.15, 0.2) is 48.7 Å². The second-order valence-electron chi connectivity index (χ2n) is 3.77. The molecular weight excluding hydrogens is 230 g/mol. The Morgan fingerprint density at radius 1 is 1.22 bits per heavy atom. The number of benzene rings is 1. The van der Waals surface area contributed by atoms with E-state index in [4.69, 9.17) is 9.84 Å². The van der Waals surface area contributed by atoms with E-state index >= 15 is 0 Å². The first kappa shape index (κ1) is 12.1. The highest BCUT2D eigenvalue weighted by Gasteiger charge is 2.04. The molecule has 0 aliphatic heterocycles. The standard InChI is InChI=1S/C14H13NO3/c16-14(17)12-6-8-15-13(10-12)18-9-7-11-4-2-1-3-5-11/h1-6,8,10H,7,9H2,(H,16,17). The van der Waals surface area contributed by atoms with Crippen molar-refractivity contribution in [3.8, 4) is 5.88 Å². The van der Waals surface area contributed by atoms with Crippen LogP contribution in [0.25, 0.3) is 0 Å². The van der Waals surface area contributed by atoms with Crippen LogP contribution in [0.2, 0.25) is 0 Å². The van der Waals surface area contributed by atoms with E-state index in [0.717, 1.165) is 6.42 Å². The summed E-state index contributed by atoms with van der Waals surface area (Å²) in [4.78, 5) is 14.7. The molecule has 1 N–H and O–H groups in total. The molecule has 0 fully saturated rings. The van der Waals surface area contributed by atoms with E-state index in [9.17, 15) is 4.79 Å². The molecule has 0 unspecified atom stereocenters. The summed E-state index contributed by atoms with van der Waals surface area (Å²) in [5.74, 6) is -0.642. The lowest BCUT2D eigenvalue weighted by Crippen LogP contribution is -2.04. The highest BCUT2D eigenvalue weighted by Crippen LogP contribution is 2.10. The van der Waals surface area contributed by atoms with Crippen LogP contribution in [0.5, 0.6) is 5.88 Å². The number of hydrogen-bond acceptors (Lipinski definition) is 3. The van der Waals surface area contributed by atoms with Gasteiger partial charge in [-0.05, 0) is 11.6 Å².